The molecule has 2 heterocycles. The minimum absolute atomic E-state index is 0.0402. The molecule has 2 aliphatic heterocycles. The van der Waals surface area contributed by atoms with E-state index in [1.165, 1.54) is 61.8 Å². The van der Waals surface area contributed by atoms with E-state index in [0.717, 1.165) is 12.1 Å². The molecule has 0 amide bonds. The number of rotatable bonds is 7. The molecule has 4 rings (SSSR count). The largest absolute Gasteiger partial charge is 0.365 e. The first-order chi connectivity index (χ1) is 13.2. The third-order valence-electron chi connectivity index (χ3n) is 6.42. The van der Waals surface area contributed by atoms with Crippen molar-refractivity contribution in [1.82, 2.24) is 4.90 Å². The van der Waals surface area contributed by atoms with Crippen molar-refractivity contribution >= 4 is 0 Å². The summed E-state index contributed by atoms with van der Waals surface area (Å²) in [6, 6.07) is 21.1. The summed E-state index contributed by atoms with van der Waals surface area (Å²) in [5, 5.41) is 0. The molecule has 2 unspecified atom stereocenters. The van der Waals surface area contributed by atoms with Crippen molar-refractivity contribution in [3.8, 4) is 0 Å². The van der Waals surface area contributed by atoms with Crippen LogP contribution in [0, 0.1) is 6.92 Å². The number of benzene rings is 2. The van der Waals surface area contributed by atoms with E-state index in [4.69, 9.17) is 4.74 Å². The molecule has 0 aliphatic carbocycles. The lowest BCUT2D eigenvalue weighted by Crippen LogP contribution is -2.46. The normalized spacial score (nSPS) is 26.2. The molecule has 27 heavy (non-hydrogen) atoms. The maximum absolute atomic E-state index is 6.81. The van der Waals surface area contributed by atoms with Crippen LogP contribution in [0.1, 0.15) is 68.2 Å². The first kappa shape index (κ1) is 18.7. The van der Waals surface area contributed by atoms with Crippen molar-refractivity contribution in [3.63, 3.8) is 0 Å². The van der Waals surface area contributed by atoms with Crippen molar-refractivity contribution in [3.05, 3.63) is 71.3 Å². The smallest absolute Gasteiger partial charge is 0.108 e. The second-order valence-electron chi connectivity index (χ2n) is 8.41. The van der Waals surface area contributed by atoms with Gasteiger partial charge in [0.2, 0.25) is 0 Å². The summed E-state index contributed by atoms with van der Waals surface area (Å²) in [6.07, 6.45) is 8.12. The van der Waals surface area contributed by atoms with Gasteiger partial charge in [0.1, 0.15) is 6.10 Å². The average molecular weight is 364 g/mol. The zero-order valence-electron chi connectivity index (χ0n) is 16.8. The van der Waals surface area contributed by atoms with Crippen LogP contribution in [0.5, 0.6) is 0 Å². The maximum atomic E-state index is 6.81. The molecule has 0 spiro atoms. The van der Waals surface area contributed by atoms with E-state index in [9.17, 15) is 0 Å². The molecule has 2 bridgehead atoms. The van der Waals surface area contributed by atoms with Crippen LogP contribution in [0.4, 0.5) is 0 Å². The third-order valence-corrected chi connectivity index (χ3v) is 6.42. The first-order valence-electron chi connectivity index (χ1n) is 10.8. The molecule has 0 radical (unpaired) electrons. The molecule has 0 N–H and O–H groups in total. The van der Waals surface area contributed by atoms with Crippen LogP contribution in [0.3, 0.4) is 0 Å². The van der Waals surface area contributed by atoms with Gasteiger partial charge in [0.25, 0.3) is 0 Å². The van der Waals surface area contributed by atoms with Crippen LogP contribution in [-0.4, -0.2) is 29.6 Å². The minimum atomic E-state index is 0.0402. The number of unbranched alkanes of at least 4 members (excludes halogenated alkanes) is 1. The summed E-state index contributed by atoms with van der Waals surface area (Å²) < 4.78 is 6.81. The Kier molecular flexibility index (Phi) is 5.95. The number of hydrogen-bond donors (Lipinski definition) is 0. The highest BCUT2D eigenvalue weighted by molar-refractivity contribution is 5.32. The molecule has 0 aromatic heterocycles. The highest BCUT2D eigenvalue weighted by atomic mass is 16.5. The Morgan fingerprint density at radius 1 is 0.926 bits per heavy atom. The Balaban J connectivity index is 1.50. The molecule has 4 atom stereocenters. The van der Waals surface area contributed by atoms with Gasteiger partial charge in [0.15, 0.2) is 0 Å². The summed E-state index contributed by atoms with van der Waals surface area (Å²) in [5.74, 6) is 0. The molecule has 2 aliphatic rings. The number of piperidine rings is 1. The highest BCUT2D eigenvalue weighted by Crippen LogP contribution is 2.39. The van der Waals surface area contributed by atoms with Crippen LogP contribution >= 0.6 is 0 Å². The van der Waals surface area contributed by atoms with Gasteiger partial charge in [0, 0.05) is 12.1 Å². The summed E-state index contributed by atoms with van der Waals surface area (Å²) in [7, 11) is 0. The SMILES string of the molecule is CCCCN1[C@@H]2CC[C@H]1CC(OC(c1ccccc1)c1ccc(C)cc1)C2. The average Bonchev–Trinajstić information content (AvgIpc) is 2.94. The van der Waals surface area contributed by atoms with E-state index in [0.29, 0.717) is 6.10 Å². The summed E-state index contributed by atoms with van der Waals surface area (Å²) >= 11 is 0. The quantitative estimate of drug-likeness (QED) is 0.607. The molecule has 0 saturated carbocycles. The van der Waals surface area contributed by atoms with Gasteiger partial charge in [-0.1, -0.05) is 73.5 Å². The van der Waals surface area contributed by atoms with Gasteiger partial charge in [-0.15, -0.1) is 0 Å². The van der Waals surface area contributed by atoms with Crippen LogP contribution in [0.2, 0.25) is 0 Å². The van der Waals surface area contributed by atoms with Crippen LogP contribution in [0.25, 0.3) is 0 Å². The zero-order valence-corrected chi connectivity index (χ0v) is 16.8. The van der Waals surface area contributed by atoms with Gasteiger partial charge in [-0.2, -0.15) is 0 Å². The van der Waals surface area contributed by atoms with Gasteiger partial charge >= 0.3 is 0 Å². The van der Waals surface area contributed by atoms with Crippen molar-refractivity contribution in [2.45, 2.75) is 76.7 Å². The van der Waals surface area contributed by atoms with Gasteiger partial charge in [-0.3, -0.25) is 4.90 Å². The fourth-order valence-electron chi connectivity index (χ4n) is 4.95. The molecule has 2 nitrogen and oxygen atoms in total. The monoisotopic (exact) mass is 363 g/mol. The number of nitrogens with zero attached hydrogens (tertiary/aromatic N) is 1. The topological polar surface area (TPSA) is 12.5 Å². The Bertz CT molecular complexity index is 697. The first-order valence-corrected chi connectivity index (χ1v) is 10.8. The number of ether oxygens (including phenoxy) is 1. The highest BCUT2D eigenvalue weighted by Gasteiger charge is 2.41. The zero-order chi connectivity index (χ0) is 18.6. The van der Waals surface area contributed by atoms with E-state index in [1.807, 2.05) is 0 Å². The van der Waals surface area contributed by atoms with E-state index in [1.54, 1.807) is 0 Å². The lowest BCUT2D eigenvalue weighted by Gasteiger charge is -2.40. The third kappa shape index (κ3) is 4.28. The van der Waals surface area contributed by atoms with Crippen LogP contribution in [0.15, 0.2) is 54.6 Å². The maximum Gasteiger partial charge on any atom is 0.108 e. The molecular formula is C25H33NO. The summed E-state index contributed by atoms with van der Waals surface area (Å²) in [4.78, 5) is 2.78. The van der Waals surface area contributed by atoms with Crippen molar-refractivity contribution < 1.29 is 4.74 Å². The van der Waals surface area contributed by atoms with Crippen LogP contribution in [-0.2, 0) is 4.74 Å². The van der Waals surface area contributed by atoms with E-state index in [-0.39, 0.29) is 6.10 Å². The lowest BCUT2D eigenvalue weighted by molar-refractivity contribution is -0.0483. The predicted octanol–water partition coefficient (Wildman–Crippen LogP) is 5.90. The van der Waals surface area contributed by atoms with Crippen LogP contribution < -0.4 is 0 Å². The van der Waals surface area contributed by atoms with Crippen molar-refractivity contribution in [1.29, 1.82) is 0 Å². The standard InChI is InChI=1S/C25H33NO/c1-3-4-16-26-22-14-15-23(26)18-24(17-22)27-25(20-8-6-5-7-9-20)21-12-10-19(2)11-13-21/h5-13,22-25H,3-4,14-18H2,1-2H3/t22-,23+,24?,25?. The predicted molar refractivity (Wildman–Crippen MR) is 112 cm³/mol. The number of fused-ring (bicyclic) bond motifs is 2. The summed E-state index contributed by atoms with van der Waals surface area (Å²) in [6.45, 7) is 5.72. The van der Waals surface area contributed by atoms with Gasteiger partial charge in [-0.05, 0) is 56.7 Å². The Morgan fingerprint density at radius 3 is 2.19 bits per heavy atom. The van der Waals surface area contributed by atoms with Crippen molar-refractivity contribution in [2.24, 2.45) is 0 Å². The van der Waals surface area contributed by atoms with Gasteiger partial charge in [0.05, 0.1) is 6.10 Å². The lowest BCUT2D eigenvalue weighted by atomic mass is 9.96. The van der Waals surface area contributed by atoms with Gasteiger partial charge < -0.3 is 4.74 Å². The molecule has 2 saturated heterocycles. The Labute approximate surface area is 164 Å². The second kappa shape index (κ2) is 8.58. The fraction of sp³-hybridized carbons (Fsp3) is 0.520. The van der Waals surface area contributed by atoms with Gasteiger partial charge in [-0.25, -0.2) is 0 Å². The summed E-state index contributed by atoms with van der Waals surface area (Å²) in [5.41, 5.74) is 3.84. The number of hydrogen-bond acceptors (Lipinski definition) is 2. The van der Waals surface area contributed by atoms with E-state index in [2.05, 4.69) is 73.3 Å². The molecule has 2 fully saturated rings. The molecule has 2 aromatic carbocycles. The number of aryl methyl sites for hydroxylation is 1. The van der Waals surface area contributed by atoms with Crippen molar-refractivity contribution in [2.75, 3.05) is 6.54 Å². The van der Waals surface area contributed by atoms with E-state index < -0.39 is 0 Å². The Morgan fingerprint density at radius 2 is 1.56 bits per heavy atom. The Hall–Kier alpha value is -1.64. The molecular weight excluding hydrogens is 330 g/mol. The molecule has 2 heteroatoms. The molecule has 2 aromatic rings. The molecule has 144 valence electrons. The van der Waals surface area contributed by atoms with E-state index >= 15 is 0 Å². The fourth-order valence-corrected chi connectivity index (χ4v) is 4.95. The minimum Gasteiger partial charge on any atom is -0.365 e. The second-order valence-corrected chi connectivity index (χ2v) is 8.41.